The number of thiophene rings is 1. The van der Waals surface area contributed by atoms with E-state index in [1.165, 1.54) is 10.4 Å². The smallest absolute Gasteiger partial charge is 0.105 e. The first-order valence-corrected chi connectivity index (χ1v) is 8.00. The Hall–Kier alpha value is -0.420. The van der Waals surface area contributed by atoms with Crippen LogP contribution in [0.15, 0.2) is 6.07 Å². The average molecular weight is 282 g/mol. The Bertz CT molecular complexity index is 478. The first-order valence-electron chi connectivity index (χ1n) is 7.76. The summed E-state index contributed by atoms with van der Waals surface area (Å²) in [6, 6.07) is 2.66. The highest BCUT2D eigenvalue weighted by Crippen LogP contribution is 2.45. The molecule has 0 amide bonds. The van der Waals surface area contributed by atoms with Gasteiger partial charge in [0.2, 0.25) is 0 Å². The number of piperidine rings is 1. The van der Waals surface area contributed by atoms with Gasteiger partial charge in [-0.2, -0.15) is 0 Å². The van der Waals surface area contributed by atoms with Crippen LogP contribution in [-0.4, -0.2) is 25.8 Å². The van der Waals surface area contributed by atoms with Gasteiger partial charge < -0.3 is 14.8 Å². The van der Waals surface area contributed by atoms with Gasteiger partial charge in [0.15, 0.2) is 0 Å². The van der Waals surface area contributed by atoms with Crippen molar-refractivity contribution in [1.29, 1.82) is 0 Å². The molecule has 4 heteroatoms. The number of hydrogen-bond acceptors (Lipinski definition) is 4. The van der Waals surface area contributed by atoms with Gasteiger partial charge in [-0.15, -0.1) is 11.3 Å². The lowest BCUT2D eigenvalue weighted by Crippen LogP contribution is -2.48. The molecular formula is C15H23NO2S. The molecule has 3 nitrogen and oxygen atoms in total. The zero-order valence-corrected chi connectivity index (χ0v) is 12.5. The first-order chi connectivity index (χ1) is 9.64. The summed E-state index contributed by atoms with van der Waals surface area (Å²) in [5, 5.41) is 3.50. The molecule has 1 N–H and O–H groups in total. The molecule has 106 valence electrons. The van der Waals surface area contributed by atoms with Crippen molar-refractivity contribution >= 4 is 11.3 Å². The van der Waals surface area contributed by atoms with Crippen LogP contribution >= 0.6 is 11.3 Å². The Labute approximate surface area is 120 Å². The van der Waals surface area contributed by atoms with Crippen LogP contribution in [0.4, 0.5) is 0 Å². The number of nitrogens with one attached hydrogen (secondary N) is 1. The normalized spacial score (nSPS) is 32.9. The molecule has 1 aromatic rings. The van der Waals surface area contributed by atoms with Gasteiger partial charge in [-0.25, -0.2) is 0 Å². The average Bonchev–Trinajstić information content (AvgIpc) is 2.85. The zero-order chi connectivity index (χ0) is 14.2. The van der Waals surface area contributed by atoms with E-state index in [9.17, 15) is 0 Å². The van der Waals surface area contributed by atoms with E-state index < -0.39 is 6.58 Å². The molecule has 0 saturated carbocycles. The molecule has 1 spiro atoms. The van der Waals surface area contributed by atoms with Crippen molar-refractivity contribution in [2.75, 3.05) is 19.8 Å². The van der Waals surface area contributed by atoms with Crippen molar-refractivity contribution < 1.29 is 10.8 Å². The summed E-state index contributed by atoms with van der Waals surface area (Å²) in [4.78, 5) is 2.37. The topological polar surface area (TPSA) is 30.5 Å². The maximum Gasteiger partial charge on any atom is 0.105 e. The standard InChI is InChI=1S/C15H23NO2S/c1-3-17-10-13-8-12-4-7-18-15(14(12)19-13)5-6-16-11(2)9-15/h8,11,16H,3-7,9-10H2,1-2H3/i10D. The summed E-state index contributed by atoms with van der Waals surface area (Å²) in [5.41, 5.74) is 1.26. The summed E-state index contributed by atoms with van der Waals surface area (Å²) < 4.78 is 19.7. The minimum absolute atomic E-state index is 0.118. The summed E-state index contributed by atoms with van der Waals surface area (Å²) in [6.07, 6.45) is 3.02. The fraction of sp³-hybridized carbons (Fsp3) is 0.733. The Kier molecular flexibility index (Phi) is 3.58. The second-order valence-electron chi connectivity index (χ2n) is 5.48. The van der Waals surface area contributed by atoms with Gasteiger partial charge >= 0.3 is 0 Å². The van der Waals surface area contributed by atoms with Gasteiger partial charge in [0.25, 0.3) is 0 Å². The molecule has 2 aliphatic heterocycles. The molecule has 3 rings (SSSR count). The van der Waals surface area contributed by atoms with Crippen molar-refractivity contribution in [1.82, 2.24) is 5.32 Å². The highest BCUT2D eigenvalue weighted by Gasteiger charge is 2.42. The second kappa shape index (κ2) is 5.52. The number of hydrogen-bond donors (Lipinski definition) is 1. The fourth-order valence-electron chi connectivity index (χ4n) is 3.19. The van der Waals surface area contributed by atoms with Crippen LogP contribution in [-0.2, 0) is 28.1 Å². The lowest BCUT2D eigenvalue weighted by Gasteiger charge is -2.42. The van der Waals surface area contributed by atoms with E-state index in [2.05, 4.69) is 18.3 Å². The Morgan fingerprint density at radius 3 is 3.37 bits per heavy atom. The van der Waals surface area contributed by atoms with Crippen LogP contribution in [0.2, 0.25) is 0 Å². The SMILES string of the molecule is [2H]C(OCC)c1cc2c(s1)C1(CCNC(C)C1)OCC2. The minimum atomic E-state index is -0.549. The summed E-state index contributed by atoms with van der Waals surface area (Å²) in [7, 11) is 0. The molecule has 0 bridgehead atoms. The predicted molar refractivity (Wildman–Crippen MR) is 77.7 cm³/mol. The zero-order valence-electron chi connectivity index (χ0n) is 12.7. The molecule has 1 fully saturated rings. The van der Waals surface area contributed by atoms with Crippen LogP contribution in [0.25, 0.3) is 0 Å². The molecule has 0 aliphatic carbocycles. The largest absolute Gasteiger partial charge is 0.376 e. The number of ether oxygens (including phenoxy) is 2. The summed E-state index contributed by atoms with van der Waals surface area (Å²) >= 11 is 1.73. The van der Waals surface area contributed by atoms with Crippen molar-refractivity contribution in [2.24, 2.45) is 0 Å². The highest BCUT2D eigenvalue weighted by atomic mass is 32.1. The van der Waals surface area contributed by atoms with Crippen molar-refractivity contribution in [3.05, 3.63) is 21.4 Å². The maximum atomic E-state index is 8.07. The molecule has 2 aliphatic rings. The minimum Gasteiger partial charge on any atom is -0.376 e. The molecular weight excluding hydrogens is 258 g/mol. The number of rotatable bonds is 3. The van der Waals surface area contributed by atoms with E-state index in [1.807, 2.05) is 6.92 Å². The van der Waals surface area contributed by atoms with Gasteiger partial charge in [0.1, 0.15) is 5.60 Å². The van der Waals surface area contributed by atoms with Crippen LogP contribution in [0.1, 0.15) is 43.4 Å². The molecule has 1 aromatic heterocycles. The summed E-state index contributed by atoms with van der Waals surface area (Å²) in [6.45, 7) is 6.00. The van der Waals surface area contributed by atoms with Crippen molar-refractivity contribution in [3.8, 4) is 0 Å². The first kappa shape index (κ1) is 12.3. The molecule has 19 heavy (non-hydrogen) atoms. The van der Waals surface area contributed by atoms with E-state index in [1.54, 1.807) is 11.3 Å². The molecule has 1 saturated heterocycles. The third kappa shape index (κ3) is 2.59. The van der Waals surface area contributed by atoms with E-state index >= 15 is 0 Å². The Morgan fingerprint density at radius 2 is 2.58 bits per heavy atom. The van der Waals surface area contributed by atoms with Crippen LogP contribution < -0.4 is 5.32 Å². The van der Waals surface area contributed by atoms with Crippen molar-refractivity contribution in [3.63, 3.8) is 0 Å². The quantitative estimate of drug-likeness (QED) is 0.925. The Balaban J connectivity index is 1.92. The van der Waals surface area contributed by atoms with E-state index in [0.717, 1.165) is 37.3 Å². The third-order valence-electron chi connectivity index (χ3n) is 4.02. The van der Waals surface area contributed by atoms with Gasteiger partial charge in [-0.1, -0.05) is 0 Å². The van der Waals surface area contributed by atoms with Crippen LogP contribution in [0.5, 0.6) is 0 Å². The van der Waals surface area contributed by atoms with E-state index in [4.69, 9.17) is 10.8 Å². The van der Waals surface area contributed by atoms with Gasteiger partial charge in [0, 0.05) is 22.4 Å². The maximum absolute atomic E-state index is 8.07. The lowest BCUT2D eigenvalue weighted by atomic mass is 9.83. The van der Waals surface area contributed by atoms with Gasteiger partial charge in [-0.05, 0) is 51.3 Å². The van der Waals surface area contributed by atoms with Crippen molar-refractivity contribution in [2.45, 2.75) is 51.3 Å². The fourth-order valence-corrected chi connectivity index (χ4v) is 4.47. The second-order valence-corrected chi connectivity index (χ2v) is 6.56. The Morgan fingerprint density at radius 1 is 1.68 bits per heavy atom. The third-order valence-corrected chi connectivity index (χ3v) is 5.30. The van der Waals surface area contributed by atoms with E-state index in [0.29, 0.717) is 12.6 Å². The monoisotopic (exact) mass is 282 g/mol. The van der Waals surface area contributed by atoms with Gasteiger partial charge in [-0.3, -0.25) is 0 Å². The molecule has 3 atom stereocenters. The molecule has 3 heterocycles. The van der Waals surface area contributed by atoms with Gasteiger partial charge in [0.05, 0.1) is 14.6 Å². The van der Waals surface area contributed by atoms with Crippen LogP contribution in [0.3, 0.4) is 0 Å². The van der Waals surface area contributed by atoms with Crippen LogP contribution in [0, 0.1) is 0 Å². The lowest BCUT2D eigenvalue weighted by molar-refractivity contribution is -0.0848. The predicted octanol–water partition coefficient (Wildman–Crippen LogP) is 2.82. The molecule has 0 radical (unpaired) electrons. The van der Waals surface area contributed by atoms with E-state index in [-0.39, 0.29) is 5.60 Å². The molecule has 3 unspecified atom stereocenters. The summed E-state index contributed by atoms with van der Waals surface area (Å²) in [5.74, 6) is 0. The highest BCUT2D eigenvalue weighted by molar-refractivity contribution is 7.12. The molecule has 0 aromatic carbocycles. The number of fused-ring (bicyclic) bond motifs is 2.